The highest BCUT2D eigenvalue weighted by Crippen LogP contribution is 2.28. The number of nitrogens with zero attached hydrogens (tertiary/aromatic N) is 2. The van der Waals surface area contributed by atoms with Gasteiger partial charge in [0.1, 0.15) is 10.6 Å². The smallest absolute Gasteiger partial charge is 0.328 e. The number of halogens is 3. The van der Waals surface area contributed by atoms with Crippen molar-refractivity contribution in [2.24, 2.45) is 0 Å². The maximum atomic E-state index is 12.6. The SMILES string of the molecule is CCc1nnc(NC(=O)c2cc(C(F)(F)F)c[nH]c2=O)s1. The largest absolute Gasteiger partial charge is 0.417 e. The van der Waals surface area contributed by atoms with Crippen LogP contribution in [-0.4, -0.2) is 21.1 Å². The molecule has 0 saturated carbocycles. The Labute approximate surface area is 120 Å². The van der Waals surface area contributed by atoms with Gasteiger partial charge in [0.25, 0.3) is 11.5 Å². The second kappa shape index (κ2) is 5.64. The first-order valence-corrected chi connectivity index (χ1v) is 6.56. The molecular formula is C11H9F3N4O2S. The van der Waals surface area contributed by atoms with Crippen LogP contribution in [-0.2, 0) is 12.6 Å². The lowest BCUT2D eigenvalue weighted by Crippen LogP contribution is -2.24. The van der Waals surface area contributed by atoms with Crippen LogP contribution in [0.4, 0.5) is 18.3 Å². The molecule has 0 aliphatic carbocycles. The number of carbonyl (C=O) groups is 1. The summed E-state index contributed by atoms with van der Waals surface area (Å²) in [6.45, 7) is 1.84. The van der Waals surface area contributed by atoms with Gasteiger partial charge in [-0.25, -0.2) is 0 Å². The average Bonchev–Trinajstić information content (AvgIpc) is 2.85. The molecule has 21 heavy (non-hydrogen) atoms. The molecule has 0 aliphatic heterocycles. The molecule has 2 aromatic rings. The van der Waals surface area contributed by atoms with Gasteiger partial charge in [-0.1, -0.05) is 18.3 Å². The van der Waals surface area contributed by atoms with Crippen LogP contribution >= 0.6 is 11.3 Å². The molecule has 0 bridgehead atoms. The maximum absolute atomic E-state index is 12.6. The fourth-order valence-corrected chi connectivity index (χ4v) is 2.10. The summed E-state index contributed by atoms with van der Waals surface area (Å²) in [5, 5.41) is 10.4. The van der Waals surface area contributed by atoms with Crippen molar-refractivity contribution in [1.29, 1.82) is 0 Å². The van der Waals surface area contributed by atoms with Crippen LogP contribution in [0.2, 0.25) is 0 Å². The van der Waals surface area contributed by atoms with E-state index >= 15 is 0 Å². The number of anilines is 1. The first-order valence-electron chi connectivity index (χ1n) is 5.75. The predicted molar refractivity (Wildman–Crippen MR) is 69.3 cm³/mol. The van der Waals surface area contributed by atoms with Gasteiger partial charge in [-0.3, -0.25) is 14.9 Å². The minimum Gasteiger partial charge on any atom is -0.328 e. The van der Waals surface area contributed by atoms with Gasteiger partial charge in [0, 0.05) is 6.20 Å². The Morgan fingerprint density at radius 1 is 1.43 bits per heavy atom. The van der Waals surface area contributed by atoms with E-state index in [1.54, 1.807) is 0 Å². The van der Waals surface area contributed by atoms with E-state index in [9.17, 15) is 22.8 Å². The summed E-state index contributed by atoms with van der Waals surface area (Å²) in [6, 6.07) is 0.496. The number of rotatable bonds is 3. The third kappa shape index (κ3) is 3.45. The number of nitrogens with one attached hydrogen (secondary N) is 2. The lowest BCUT2D eigenvalue weighted by atomic mass is 10.2. The first kappa shape index (κ1) is 15.2. The van der Waals surface area contributed by atoms with Crippen molar-refractivity contribution in [2.75, 3.05) is 5.32 Å². The molecule has 0 spiro atoms. The highest BCUT2D eigenvalue weighted by atomic mass is 32.1. The number of amides is 1. The molecule has 6 nitrogen and oxygen atoms in total. The number of alkyl halides is 3. The molecule has 2 heterocycles. The zero-order valence-electron chi connectivity index (χ0n) is 10.6. The van der Waals surface area contributed by atoms with E-state index in [-0.39, 0.29) is 5.13 Å². The normalized spacial score (nSPS) is 11.4. The molecular weight excluding hydrogens is 309 g/mol. The van der Waals surface area contributed by atoms with Crippen LogP contribution in [0.3, 0.4) is 0 Å². The van der Waals surface area contributed by atoms with E-state index in [0.717, 1.165) is 11.3 Å². The third-order valence-electron chi connectivity index (χ3n) is 2.46. The second-order valence-electron chi connectivity index (χ2n) is 3.94. The minimum atomic E-state index is -4.66. The summed E-state index contributed by atoms with van der Waals surface area (Å²) in [6.07, 6.45) is -3.53. The van der Waals surface area contributed by atoms with Crippen LogP contribution in [0.5, 0.6) is 0 Å². The molecule has 0 aliphatic rings. The maximum Gasteiger partial charge on any atom is 0.417 e. The van der Waals surface area contributed by atoms with Gasteiger partial charge in [0.2, 0.25) is 5.13 Å². The van der Waals surface area contributed by atoms with Gasteiger partial charge >= 0.3 is 6.18 Å². The Balaban J connectivity index is 2.28. The van der Waals surface area contributed by atoms with Crippen molar-refractivity contribution >= 4 is 22.4 Å². The molecule has 0 unspecified atom stereocenters. The fourth-order valence-electron chi connectivity index (χ4n) is 1.43. The monoisotopic (exact) mass is 318 g/mol. The van der Waals surface area contributed by atoms with Crippen molar-refractivity contribution in [3.05, 3.63) is 38.8 Å². The summed E-state index contributed by atoms with van der Waals surface area (Å²) in [5.74, 6) is -0.971. The minimum absolute atomic E-state index is 0.119. The summed E-state index contributed by atoms with van der Waals surface area (Å²) >= 11 is 1.08. The standard InChI is InChI=1S/C11H9F3N4O2S/c1-2-7-17-18-10(21-7)16-9(20)6-3-5(11(12,13)14)4-15-8(6)19/h3-4H,2H2,1H3,(H,15,19)(H,16,18,20). The molecule has 0 saturated heterocycles. The van der Waals surface area contributed by atoms with Gasteiger partial charge in [-0.2, -0.15) is 13.2 Å². The Morgan fingerprint density at radius 3 is 2.71 bits per heavy atom. The number of aromatic amines is 1. The quantitative estimate of drug-likeness (QED) is 0.907. The zero-order chi connectivity index (χ0) is 15.6. The molecule has 10 heteroatoms. The molecule has 112 valence electrons. The number of hydrogen-bond acceptors (Lipinski definition) is 5. The van der Waals surface area contributed by atoms with Crippen LogP contribution in [0.15, 0.2) is 17.1 Å². The molecule has 2 aromatic heterocycles. The molecule has 2 rings (SSSR count). The highest BCUT2D eigenvalue weighted by Gasteiger charge is 2.32. The van der Waals surface area contributed by atoms with Crippen LogP contribution < -0.4 is 10.9 Å². The Hall–Kier alpha value is -2.23. The van der Waals surface area contributed by atoms with E-state index < -0.39 is 28.8 Å². The van der Waals surface area contributed by atoms with Gasteiger partial charge in [0.15, 0.2) is 0 Å². The second-order valence-corrected chi connectivity index (χ2v) is 5.00. The van der Waals surface area contributed by atoms with Crippen LogP contribution in [0, 0.1) is 0 Å². The molecule has 0 aromatic carbocycles. The Morgan fingerprint density at radius 2 is 2.14 bits per heavy atom. The van der Waals surface area contributed by atoms with E-state index in [2.05, 4.69) is 15.5 Å². The molecule has 1 amide bonds. The van der Waals surface area contributed by atoms with Gasteiger partial charge < -0.3 is 4.98 Å². The predicted octanol–water partition coefficient (Wildman–Crippen LogP) is 2.06. The lowest BCUT2D eigenvalue weighted by Gasteiger charge is -2.07. The number of hydrogen-bond donors (Lipinski definition) is 2. The molecule has 0 atom stereocenters. The van der Waals surface area contributed by atoms with E-state index in [0.29, 0.717) is 23.7 Å². The van der Waals surface area contributed by atoms with Crippen molar-refractivity contribution in [1.82, 2.24) is 15.2 Å². The number of carbonyl (C=O) groups excluding carboxylic acids is 1. The summed E-state index contributed by atoms with van der Waals surface area (Å²) < 4.78 is 37.7. The van der Waals surface area contributed by atoms with Gasteiger partial charge in [-0.15, -0.1) is 10.2 Å². The van der Waals surface area contributed by atoms with Crippen molar-refractivity contribution in [3.8, 4) is 0 Å². The topological polar surface area (TPSA) is 87.7 Å². The van der Waals surface area contributed by atoms with E-state index in [1.807, 2.05) is 11.9 Å². The fraction of sp³-hybridized carbons (Fsp3) is 0.273. The van der Waals surface area contributed by atoms with E-state index in [4.69, 9.17) is 0 Å². The molecule has 2 N–H and O–H groups in total. The molecule has 0 fully saturated rings. The third-order valence-corrected chi connectivity index (χ3v) is 3.45. The lowest BCUT2D eigenvalue weighted by molar-refractivity contribution is -0.137. The molecule has 0 radical (unpaired) electrons. The van der Waals surface area contributed by atoms with Crippen molar-refractivity contribution in [3.63, 3.8) is 0 Å². The van der Waals surface area contributed by atoms with Gasteiger partial charge in [-0.05, 0) is 12.5 Å². The van der Waals surface area contributed by atoms with Crippen LogP contribution in [0.25, 0.3) is 0 Å². The number of pyridine rings is 1. The zero-order valence-corrected chi connectivity index (χ0v) is 11.4. The Kier molecular flexibility index (Phi) is 4.07. The number of aromatic nitrogens is 3. The summed E-state index contributed by atoms with van der Waals surface area (Å²) in [7, 11) is 0. The highest BCUT2D eigenvalue weighted by molar-refractivity contribution is 7.15. The first-order chi connectivity index (χ1) is 9.81. The number of aryl methyl sites for hydroxylation is 1. The van der Waals surface area contributed by atoms with E-state index in [1.165, 1.54) is 0 Å². The summed E-state index contributed by atoms with van der Waals surface area (Å²) in [5.41, 5.74) is -2.67. The van der Waals surface area contributed by atoms with Crippen LogP contribution in [0.1, 0.15) is 27.9 Å². The van der Waals surface area contributed by atoms with Gasteiger partial charge in [0.05, 0.1) is 5.56 Å². The summed E-state index contributed by atoms with van der Waals surface area (Å²) in [4.78, 5) is 25.2. The number of H-pyrrole nitrogens is 1. The average molecular weight is 318 g/mol. The Bertz CT molecular complexity index is 723. The van der Waals surface area contributed by atoms with Crippen molar-refractivity contribution < 1.29 is 18.0 Å². The van der Waals surface area contributed by atoms with Crippen molar-refractivity contribution in [2.45, 2.75) is 19.5 Å².